The SMILES string of the molecule is Cc1cccc(C)c1NC(=O)C[n+]1cccc(-c2nn[nH]n2)c1. The molecule has 0 aliphatic heterocycles. The Labute approximate surface area is 133 Å². The van der Waals surface area contributed by atoms with Crippen molar-refractivity contribution in [2.75, 3.05) is 5.32 Å². The Hall–Kier alpha value is -3.09. The average Bonchev–Trinajstić information content (AvgIpc) is 3.06. The van der Waals surface area contributed by atoms with E-state index in [4.69, 9.17) is 0 Å². The molecule has 116 valence electrons. The lowest BCUT2D eigenvalue weighted by molar-refractivity contribution is -0.683. The van der Waals surface area contributed by atoms with E-state index in [1.165, 1.54) is 0 Å². The molecule has 7 heteroatoms. The van der Waals surface area contributed by atoms with E-state index in [-0.39, 0.29) is 12.5 Å². The molecule has 1 aromatic carbocycles. The molecule has 3 rings (SSSR count). The number of carbonyl (C=O) groups excluding carboxylic acids is 1. The lowest BCUT2D eigenvalue weighted by Gasteiger charge is -2.10. The van der Waals surface area contributed by atoms with Crippen LogP contribution in [-0.2, 0) is 11.3 Å². The van der Waals surface area contributed by atoms with Crippen molar-refractivity contribution >= 4 is 11.6 Å². The lowest BCUT2D eigenvalue weighted by atomic mass is 10.1. The summed E-state index contributed by atoms with van der Waals surface area (Å²) in [5, 5.41) is 16.8. The van der Waals surface area contributed by atoms with Gasteiger partial charge in [-0.2, -0.15) is 9.78 Å². The Morgan fingerprint density at radius 2 is 2.00 bits per heavy atom. The monoisotopic (exact) mass is 309 g/mol. The smallest absolute Gasteiger partial charge is 0.290 e. The van der Waals surface area contributed by atoms with Crippen molar-refractivity contribution in [2.24, 2.45) is 0 Å². The number of aromatic amines is 1. The molecule has 0 unspecified atom stereocenters. The molecule has 0 atom stereocenters. The van der Waals surface area contributed by atoms with Gasteiger partial charge < -0.3 is 5.32 Å². The second kappa shape index (κ2) is 6.35. The fourth-order valence-electron chi connectivity index (χ4n) is 2.39. The van der Waals surface area contributed by atoms with Gasteiger partial charge in [0.2, 0.25) is 12.4 Å². The maximum atomic E-state index is 12.3. The van der Waals surface area contributed by atoms with E-state index in [9.17, 15) is 4.79 Å². The minimum absolute atomic E-state index is 0.0855. The molecule has 0 aliphatic rings. The van der Waals surface area contributed by atoms with Crippen LogP contribution in [0.2, 0.25) is 0 Å². The van der Waals surface area contributed by atoms with E-state index in [1.807, 2.05) is 56.6 Å². The molecule has 0 bridgehead atoms. The molecule has 0 aliphatic carbocycles. The molecule has 0 saturated carbocycles. The quantitative estimate of drug-likeness (QED) is 0.713. The number of amides is 1. The maximum absolute atomic E-state index is 12.3. The molecule has 2 N–H and O–H groups in total. The van der Waals surface area contributed by atoms with Crippen LogP contribution < -0.4 is 9.88 Å². The second-order valence-electron chi connectivity index (χ2n) is 5.32. The van der Waals surface area contributed by atoms with Crippen LogP contribution in [0.15, 0.2) is 42.7 Å². The average molecular weight is 309 g/mol. The number of para-hydroxylation sites is 1. The predicted octanol–water partition coefficient (Wildman–Crippen LogP) is 1.41. The Morgan fingerprint density at radius 3 is 2.70 bits per heavy atom. The number of aryl methyl sites for hydroxylation is 2. The third-order valence-corrected chi connectivity index (χ3v) is 3.53. The van der Waals surface area contributed by atoms with Gasteiger partial charge in [-0.3, -0.25) is 4.79 Å². The molecule has 0 radical (unpaired) electrons. The molecule has 7 nitrogen and oxygen atoms in total. The molecule has 2 aromatic heterocycles. The number of aromatic nitrogens is 5. The zero-order chi connectivity index (χ0) is 16.2. The number of hydrogen-bond acceptors (Lipinski definition) is 4. The van der Waals surface area contributed by atoms with Crippen LogP contribution in [0.3, 0.4) is 0 Å². The number of tetrazole rings is 1. The summed E-state index contributed by atoms with van der Waals surface area (Å²) in [5.41, 5.74) is 3.75. The zero-order valence-electron chi connectivity index (χ0n) is 12.9. The standard InChI is InChI=1S/C16H16N6O/c1-11-5-3-6-12(2)15(11)17-14(23)10-22-8-4-7-13(9-22)16-18-20-21-19-16/h3-9H,10H2,1-2H3,(H-,17,18,19,20,21,23)/p+1. The number of pyridine rings is 1. The van der Waals surface area contributed by atoms with Gasteiger partial charge in [0.25, 0.3) is 5.91 Å². The number of rotatable bonds is 4. The van der Waals surface area contributed by atoms with Gasteiger partial charge in [-0.15, -0.1) is 10.2 Å². The van der Waals surface area contributed by atoms with Gasteiger partial charge in [0.15, 0.2) is 12.4 Å². The van der Waals surface area contributed by atoms with Crippen LogP contribution in [0.1, 0.15) is 11.1 Å². The summed E-state index contributed by atoms with van der Waals surface area (Å²) in [6, 6.07) is 9.64. The topological polar surface area (TPSA) is 87.4 Å². The molecule has 0 spiro atoms. The molecule has 3 aromatic rings. The predicted molar refractivity (Wildman–Crippen MR) is 84.4 cm³/mol. The van der Waals surface area contributed by atoms with Crippen molar-refractivity contribution in [3.05, 3.63) is 53.9 Å². The molecule has 2 heterocycles. The highest BCUT2D eigenvalue weighted by Crippen LogP contribution is 2.19. The van der Waals surface area contributed by atoms with E-state index < -0.39 is 0 Å². The summed E-state index contributed by atoms with van der Waals surface area (Å²) in [6.45, 7) is 4.17. The van der Waals surface area contributed by atoms with Crippen LogP contribution in [0.25, 0.3) is 11.4 Å². The highest BCUT2D eigenvalue weighted by Gasteiger charge is 2.14. The minimum Gasteiger partial charge on any atom is -0.320 e. The van der Waals surface area contributed by atoms with Gasteiger partial charge in [0.05, 0.1) is 5.56 Å². The first-order valence-electron chi connectivity index (χ1n) is 7.22. The summed E-state index contributed by atoms with van der Waals surface area (Å²) in [7, 11) is 0. The van der Waals surface area contributed by atoms with Crippen molar-refractivity contribution in [2.45, 2.75) is 20.4 Å². The number of carbonyl (C=O) groups is 1. The summed E-state index contributed by atoms with van der Waals surface area (Å²) < 4.78 is 1.79. The Bertz CT molecular complexity index is 808. The van der Waals surface area contributed by atoms with Gasteiger partial charge in [-0.1, -0.05) is 18.2 Å². The van der Waals surface area contributed by atoms with Gasteiger partial charge >= 0.3 is 0 Å². The van der Waals surface area contributed by atoms with E-state index >= 15 is 0 Å². The first-order valence-corrected chi connectivity index (χ1v) is 7.22. The highest BCUT2D eigenvalue weighted by atomic mass is 16.1. The van der Waals surface area contributed by atoms with E-state index in [2.05, 4.69) is 25.9 Å². The van der Waals surface area contributed by atoms with Crippen molar-refractivity contribution in [3.63, 3.8) is 0 Å². The maximum Gasteiger partial charge on any atom is 0.290 e. The third kappa shape index (κ3) is 3.39. The fraction of sp³-hybridized carbons (Fsp3) is 0.188. The molecule has 0 saturated heterocycles. The van der Waals surface area contributed by atoms with Crippen molar-refractivity contribution in [1.82, 2.24) is 20.6 Å². The van der Waals surface area contributed by atoms with Crippen molar-refractivity contribution < 1.29 is 9.36 Å². The van der Waals surface area contributed by atoms with Crippen LogP contribution in [0.4, 0.5) is 5.69 Å². The summed E-state index contributed by atoms with van der Waals surface area (Å²) in [4.78, 5) is 12.3. The number of anilines is 1. The van der Waals surface area contributed by atoms with Crippen LogP contribution in [0.5, 0.6) is 0 Å². The van der Waals surface area contributed by atoms with Gasteiger partial charge in [-0.25, -0.2) is 0 Å². The van der Waals surface area contributed by atoms with Crippen LogP contribution in [0, 0.1) is 13.8 Å². The number of nitrogens with one attached hydrogen (secondary N) is 2. The van der Waals surface area contributed by atoms with Gasteiger partial charge in [0.1, 0.15) is 0 Å². The second-order valence-corrected chi connectivity index (χ2v) is 5.32. The summed E-state index contributed by atoms with van der Waals surface area (Å²) >= 11 is 0. The lowest BCUT2D eigenvalue weighted by Crippen LogP contribution is -2.39. The molecule has 1 amide bonds. The fourth-order valence-corrected chi connectivity index (χ4v) is 2.39. The van der Waals surface area contributed by atoms with Crippen LogP contribution >= 0.6 is 0 Å². The number of hydrogen-bond donors (Lipinski definition) is 2. The summed E-state index contributed by atoms with van der Waals surface area (Å²) in [6.07, 6.45) is 3.64. The molecule has 23 heavy (non-hydrogen) atoms. The van der Waals surface area contributed by atoms with Gasteiger partial charge in [-0.05, 0) is 36.3 Å². The molecule has 0 fully saturated rings. The number of benzene rings is 1. The van der Waals surface area contributed by atoms with E-state index in [0.29, 0.717) is 5.82 Å². The molecular weight excluding hydrogens is 292 g/mol. The van der Waals surface area contributed by atoms with E-state index in [0.717, 1.165) is 22.4 Å². The van der Waals surface area contributed by atoms with Crippen molar-refractivity contribution in [1.29, 1.82) is 0 Å². The molecular formula is C16H17N6O+. The van der Waals surface area contributed by atoms with E-state index in [1.54, 1.807) is 4.57 Å². The first-order chi connectivity index (χ1) is 11.1. The first kappa shape index (κ1) is 14.8. The van der Waals surface area contributed by atoms with Crippen LogP contribution in [-0.4, -0.2) is 26.5 Å². The largest absolute Gasteiger partial charge is 0.320 e. The minimum atomic E-state index is -0.0855. The Kier molecular flexibility index (Phi) is 4.09. The Morgan fingerprint density at radius 1 is 1.22 bits per heavy atom. The Balaban J connectivity index is 1.75. The normalized spacial score (nSPS) is 10.5. The zero-order valence-corrected chi connectivity index (χ0v) is 12.9. The van der Waals surface area contributed by atoms with Crippen molar-refractivity contribution in [3.8, 4) is 11.4 Å². The highest BCUT2D eigenvalue weighted by molar-refractivity contribution is 5.91. The number of nitrogens with zero attached hydrogens (tertiary/aromatic N) is 4. The van der Waals surface area contributed by atoms with Gasteiger partial charge in [0, 0.05) is 11.8 Å². The number of H-pyrrole nitrogens is 1. The summed E-state index contributed by atoms with van der Waals surface area (Å²) in [5.74, 6) is 0.409. The third-order valence-electron chi connectivity index (χ3n) is 3.53.